The number of nitrogens with two attached hydrogens (primary N) is 2. The van der Waals surface area contributed by atoms with Gasteiger partial charge in [-0.05, 0) is 51.9 Å². The highest BCUT2D eigenvalue weighted by Gasteiger charge is 2.23. The normalized spacial score (nSPS) is 13.6. The number of hydrogen-bond acceptors (Lipinski definition) is 6. The molecule has 0 heterocycles. The van der Waals surface area contributed by atoms with Crippen LogP contribution in [0, 0.1) is 0 Å². The van der Waals surface area contributed by atoms with Crippen molar-refractivity contribution in [3.63, 3.8) is 0 Å². The molecule has 0 bridgehead atoms. The largest absolute Gasteiger partial charge is 0.392 e. The lowest BCUT2D eigenvalue weighted by Crippen LogP contribution is -2.25. The number of nitrogens with zero attached hydrogens (tertiary/aromatic N) is 1. The smallest absolute Gasteiger partial charge is 0.336 e. The fourth-order valence-electron chi connectivity index (χ4n) is 3.32. The van der Waals surface area contributed by atoms with Crippen molar-refractivity contribution >= 4 is 27.4 Å². The van der Waals surface area contributed by atoms with Crippen molar-refractivity contribution in [2.24, 2.45) is 16.6 Å². The van der Waals surface area contributed by atoms with Crippen molar-refractivity contribution in [3.05, 3.63) is 76.4 Å². The van der Waals surface area contributed by atoms with Crippen molar-refractivity contribution in [3.8, 4) is 0 Å². The predicted octanol–water partition coefficient (Wildman–Crippen LogP) is 1.14. The van der Waals surface area contributed by atoms with E-state index in [1.807, 2.05) is 30.3 Å². The van der Waals surface area contributed by atoms with Gasteiger partial charge in [0, 0.05) is 5.56 Å². The van der Waals surface area contributed by atoms with Crippen molar-refractivity contribution in [2.45, 2.75) is 12.8 Å². The Morgan fingerprint density at radius 2 is 1.86 bits per heavy atom. The van der Waals surface area contributed by atoms with Gasteiger partial charge in [0.25, 0.3) is 0 Å². The number of rotatable bonds is 7. The molecule has 0 amide bonds. The van der Waals surface area contributed by atoms with Crippen LogP contribution < -0.4 is 11.5 Å². The standard InChI is InChI=1S/C20H21N3O5S/c21-20(22)23-28-29(26,27)12-18(25)14-5-3-6-15(10-14)19-16(11-24)9-8-13-4-1-2-7-17(13)19/h1-7,10,24H,8-9,11-12H2,(H4,21,22,23). The van der Waals surface area contributed by atoms with Gasteiger partial charge in [0.05, 0.1) is 6.61 Å². The third-order valence-corrected chi connectivity index (χ3v) is 5.48. The molecule has 8 nitrogen and oxygen atoms in total. The maximum absolute atomic E-state index is 12.5. The Kier molecular flexibility index (Phi) is 6.00. The van der Waals surface area contributed by atoms with E-state index in [-0.39, 0.29) is 12.2 Å². The summed E-state index contributed by atoms with van der Waals surface area (Å²) >= 11 is 0. The summed E-state index contributed by atoms with van der Waals surface area (Å²) in [5, 5.41) is 12.8. The first-order valence-electron chi connectivity index (χ1n) is 8.86. The Balaban J connectivity index is 1.94. The number of oxime groups is 1. The Morgan fingerprint density at radius 3 is 2.59 bits per heavy atom. The van der Waals surface area contributed by atoms with Gasteiger partial charge < -0.3 is 16.6 Å². The first kappa shape index (κ1) is 20.6. The maximum Gasteiger partial charge on any atom is 0.336 e. The first-order chi connectivity index (χ1) is 13.8. The van der Waals surface area contributed by atoms with E-state index in [1.54, 1.807) is 12.1 Å². The monoisotopic (exact) mass is 415 g/mol. The van der Waals surface area contributed by atoms with Gasteiger partial charge in [-0.3, -0.25) is 9.08 Å². The highest BCUT2D eigenvalue weighted by Crippen LogP contribution is 2.36. The zero-order valence-corrected chi connectivity index (χ0v) is 16.4. The molecule has 1 aliphatic carbocycles. The molecule has 2 aromatic carbocycles. The summed E-state index contributed by atoms with van der Waals surface area (Å²) in [6.45, 7) is -0.0947. The van der Waals surface area contributed by atoms with Crippen molar-refractivity contribution in [2.75, 3.05) is 12.4 Å². The second kappa shape index (κ2) is 8.46. The summed E-state index contributed by atoms with van der Waals surface area (Å²) in [6.07, 6.45) is 1.54. The molecule has 0 saturated heterocycles. The summed E-state index contributed by atoms with van der Waals surface area (Å²) in [5.41, 5.74) is 14.9. The SMILES string of the molecule is NC(N)=NOS(=O)(=O)CC(=O)c1cccc(C2=C(CO)CCc3ccccc32)c1. The molecule has 0 radical (unpaired) electrons. The Morgan fingerprint density at radius 1 is 1.10 bits per heavy atom. The number of Topliss-reactive ketones (excluding diaryl/α,β-unsaturated/α-hetero) is 1. The van der Waals surface area contributed by atoms with Crippen LogP contribution in [0.1, 0.15) is 33.5 Å². The topological polar surface area (TPSA) is 145 Å². The Hall–Kier alpha value is -3.17. The number of aliphatic hydroxyl groups excluding tert-OH is 1. The van der Waals surface area contributed by atoms with Crippen LogP contribution in [0.5, 0.6) is 0 Å². The molecule has 0 saturated carbocycles. The molecule has 3 rings (SSSR count). The average molecular weight is 415 g/mol. The molecule has 5 N–H and O–H groups in total. The summed E-state index contributed by atoms with van der Waals surface area (Å²) in [4.78, 5) is 12.5. The molecule has 0 aromatic heterocycles. The molecular formula is C20H21N3O5S. The third-order valence-electron chi connectivity index (χ3n) is 4.56. The van der Waals surface area contributed by atoms with Crippen molar-refractivity contribution in [1.29, 1.82) is 0 Å². The second-order valence-corrected chi connectivity index (χ2v) is 8.14. The van der Waals surface area contributed by atoms with E-state index in [0.717, 1.165) is 34.3 Å². The fourth-order valence-corrected chi connectivity index (χ4v) is 4.06. The number of aryl methyl sites for hydroxylation is 1. The fraction of sp³-hybridized carbons (Fsp3) is 0.200. The molecular weight excluding hydrogens is 394 g/mol. The molecule has 9 heteroatoms. The quantitative estimate of drug-likeness (QED) is 0.266. The van der Waals surface area contributed by atoms with Gasteiger partial charge in [0.1, 0.15) is 0 Å². The molecule has 152 valence electrons. The number of benzene rings is 2. The number of fused-ring (bicyclic) bond motifs is 1. The molecule has 0 spiro atoms. The van der Waals surface area contributed by atoms with E-state index in [9.17, 15) is 18.3 Å². The minimum atomic E-state index is -4.27. The number of carbonyl (C=O) groups excluding carboxylic acids is 1. The summed E-state index contributed by atoms with van der Waals surface area (Å²) in [6, 6.07) is 14.5. The van der Waals surface area contributed by atoms with E-state index >= 15 is 0 Å². The number of carbonyl (C=O) groups is 1. The molecule has 29 heavy (non-hydrogen) atoms. The molecule has 0 unspecified atom stereocenters. The molecule has 1 aliphatic rings. The van der Waals surface area contributed by atoms with Crippen LogP contribution in [-0.4, -0.2) is 37.6 Å². The lowest BCUT2D eigenvalue weighted by molar-refractivity contribution is 0.101. The van der Waals surface area contributed by atoms with Gasteiger partial charge in [-0.15, -0.1) is 0 Å². The number of aliphatic hydroxyl groups is 1. The molecule has 0 aliphatic heterocycles. The zero-order chi connectivity index (χ0) is 21.0. The first-order valence-corrected chi connectivity index (χ1v) is 10.4. The van der Waals surface area contributed by atoms with Gasteiger partial charge in [0.2, 0.25) is 5.96 Å². The summed E-state index contributed by atoms with van der Waals surface area (Å²) in [7, 11) is -4.27. The van der Waals surface area contributed by atoms with E-state index in [2.05, 4.69) is 9.44 Å². The molecule has 2 aromatic rings. The van der Waals surface area contributed by atoms with Crippen LogP contribution in [0.4, 0.5) is 0 Å². The van der Waals surface area contributed by atoms with E-state index < -0.39 is 27.6 Å². The van der Waals surface area contributed by atoms with Crippen LogP contribution in [0.2, 0.25) is 0 Å². The lowest BCUT2D eigenvalue weighted by atomic mass is 9.82. The highest BCUT2D eigenvalue weighted by atomic mass is 32.2. The summed E-state index contributed by atoms with van der Waals surface area (Å²) in [5.74, 6) is -2.13. The van der Waals surface area contributed by atoms with Crippen LogP contribution in [0.3, 0.4) is 0 Å². The summed E-state index contributed by atoms with van der Waals surface area (Å²) < 4.78 is 28.0. The molecule has 0 atom stereocenters. The molecule has 0 fully saturated rings. The van der Waals surface area contributed by atoms with E-state index in [4.69, 9.17) is 11.5 Å². The van der Waals surface area contributed by atoms with Gasteiger partial charge >= 0.3 is 10.1 Å². The van der Waals surface area contributed by atoms with Crippen molar-refractivity contribution in [1.82, 2.24) is 0 Å². The number of guanidine groups is 1. The number of hydrogen-bond donors (Lipinski definition) is 3. The van der Waals surface area contributed by atoms with Gasteiger partial charge in [-0.2, -0.15) is 8.42 Å². The zero-order valence-electron chi connectivity index (χ0n) is 15.5. The lowest BCUT2D eigenvalue weighted by Gasteiger charge is -2.23. The average Bonchev–Trinajstić information content (AvgIpc) is 2.71. The third kappa shape index (κ3) is 4.82. The van der Waals surface area contributed by atoms with E-state index in [0.29, 0.717) is 6.42 Å². The Bertz CT molecular complexity index is 1100. The van der Waals surface area contributed by atoms with Crippen molar-refractivity contribution < 1.29 is 22.6 Å². The second-order valence-electron chi connectivity index (χ2n) is 6.59. The van der Waals surface area contributed by atoms with Gasteiger partial charge in [0.15, 0.2) is 11.5 Å². The minimum absolute atomic E-state index is 0.0947. The minimum Gasteiger partial charge on any atom is -0.392 e. The van der Waals surface area contributed by atoms with Crippen LogP contribution in [0.15, 0.2) is 59.3 Å². The van der Waals surface area contributed by atoms with Crippen LogP contribution >= 0.6 is 0 Å². The number of ketones is 1. The Labute approximate surface area is 168 Å². The van der Waals surface area contributed by atoms with Gasteiger partial charge in [-0.1, -0.05) is 42.5 Å². The highest BCUT2D eigenvalue weighted by molar-refractivity contribution is 7.87. The van der Waals surface area contributed by atoms with Crippen LogP contribution in [0.25, 0.3) is 5.57 Å². The van der Waals surface area contributed by atoms with Crippen LogP contribution in [-0.2, 0) is 20.8 Å². The van der Waals surface area contributed by atoms with E-state index in [1.165, 1.54) is 6.07 Å². The van der Waals surface area contributed by atoms with Gasteiger partial charge in [-0.25, -0.2) is 0 Å². The predicted molar refractivity (Wildman–Crippen MR) is 109 cm³/mol. The maximum atomic E-state index is 12.5.